The second kappa shape index (κ2) is 11.1. The van der Waals surface area contributed by atoms with Crippen molar-refractivity contribution in [1.29, 1.82) is 0 Å². The first-order chi connectivity index (χ1) is 14.6. The summed E-state index contributed by atoms with van der Waals surface area (Å²) in [6.07, 6.45) is 6.20. The number of halogens is 1. The standard InChI is InChI=1S/C21H28FN5O2S/c1-2-27-18(12-13-23-20(29)16-10-6-7-11-17(16)22)25-26-21(27)30-14-19(28)24-15-8-4-3-5-9-15/h6-7,10-11,15H,2-5,8-9,12-14H2,1H3,(H,23,29)(H,24,28). The first-order valence-corrected chi connectivity index (χ1v) is 11.4. The van der Waals surface area contributed by atoms with Crippen LogP contribution in [0.4, 0.5) is 4.39 Å². The molecule has 30 heavy (non-hydrogen) atoms. The predicted molar refractivity (Wildman–Crippen MR) is 114 cm³/mol. The summed E-state index contributed by atoms with van der Waals surface area (Å²) < 4.78 is 15.6. The van der Waals surface area contributed by atoms with E-state index in [-0.39, 0.29) is 11.5 Å². The van der Waals surface area contributed by atoms with E-state index in [1.165, 1.54) is 43.2 Å². The van der Waals surface area contributed by atoms with Gasteiger partial charge in [-0.15, -0.1) is 10.2 Å². The van der Waals surface area contributed by atoms with Gasteiger partial charge in [-0.2, -0.15) is 0 Å². The van der Waals surface area contributed by atoms with Crippen LogP contribution in [0, 0.1) is 5.82 Å². The molecule has 1 fully saturated rings. The number of thioether (sulfide) groups is 1. The fourth-order valence-electron chi connectivity index (χ4n) is 3.60. The quantitative estimate of drug-likeness (QED) is 0.594. The highest BCUT2D eigenvalue weighted by Gasteiger charge is 2.18. The minimum absolute atomic E-state index is 0.0229. The third-order valence-corrected chi connectivity index (χ3v) is 6.13. The predicted octanol–water partition coefficient (Wildman–Crippen LogP) is 2.95. The van der Waals surface area contributed by atoms with E-state index < -0.39 is 11.7 Å². The number of carbonyl (C=O) groups excluding carboxylic acids is 2. The Morgan fingerprint density at radius 1 is 1.20 bits per heavy atom. The van der Waals surface area contributed by atoms with Crippen molar-refractivity contribution in [2.24, 2.45) is 0 Å². The molecule has 1 saturated carbocycles. The molecule has 0 spiro atoms. The number of rotatable bonds is 9. The smallest absolute Gasteiger partial charge is 0.254 e. The van der Waals surface area contributed by atoms with Gasteiger partial charge in [0.1, 0.15) is 11.6 Å². The number of nitrogens with zero attached hydrogens (tertiary/aromatic N) is 3. The minimum Gasteiger partial charge on any atom is -0.353 e. The molecule has 162 valence electrons. The molecule has 1 aromatic heterocycles. The van der Waals surface area contributed by atoms with Crippen LogP contribution in [0.5, 0.6) is 0 Å². The molecule has 3 rings (SSSR count). The van der Waals surface area contributed by atoms with Crippen LogP contribution in [-0.4, -0.2) is 44.9 Å². The number of hydrogen-bond acceptors (Lipinski definition) is 5. The summed E-state index contributed by atoms with van der Waals surface area (Å²) in [5.41, 5.74) is 0.0229. The van der Waals surface area contributed by atoms with Crippen LogP contribution in [0.3, 0.4) is 0 Å². The molecule has 7 nitrogen and oxygen atoms in total. The molecule has 2 amide bonds. The van der Waals surface area contributed by atoms with Gasteiger partial charge in [-0.05, 0) is 31.9 Å². The third-order valence-electron chi connectivity index (χ3n) is 5.16. The van der Waals surface area contributed by atoms with Gasteiger partial charge in [-0.1, -0.05) is 43.2 Å². The van der Waals surface area contributed by atoms with Crippen molar-refractivity contribution >= 4 is 23.6 Å². The van der Waals surface area contributed by atoms with Gasteiger partial charge >= 0.3 is 0 Å². The van der Waals surface area contributed by atoms with Crippen molar-refractivity contribution in [3.8, 4) is 0 Å². The number of aromatic nitrogens is 3. The van der Waals surface area contributed by atoms with Crippen LogP contribution < -0.4 is 10.6 Å². The van der Waals surface area contributed by atoms with E-state index in [0.29, 0.717) is 36.5 Å². The Labute approximate surface area is 180 Å². The first-order valence-electron chi connectivity index (χ1n) is 10.5. The number of amides is 2. The van der Waals surface area contributed by atoms with Crippen molar-refractivity contribution in [2.45, 2.75) is 63.2 Å². The van der Waals surface area contributed by atoms with Gasteiger partial charge in [0.15, 0.2) is 5.16 Å². The number of carbonyl (C=O) groups is 2. The van der Waals surface area contributed by atoms with E-state index >= 15 is 0 Å². The van der Waals surface area contributed by atoms with Crippen LogP contribution in [0.15, 0.2) is 29.4 Å². The van der Waals surface area contributed by atoms with Crippen molar-refractivity contribution in [3.63, 3.8) is 0 Å². The zero-order valence-electron chi connectivity index (χ0n) is 17.2. The van der Waals surface area contributed by atoms with Crippen LogP contribution in [0.1, 0.15) is 55.2 Å². The van der Waals surface area contributed by atoms with Crippen molar-refractivity contribution in [1.82, 2.24) is 25.4 Å². The van der Waals surface area contributed by atoms with Gasteiger partial charge in [0.2, 0.25) is 5.91 Å². The summed E-state index contributed by atoms with van der Waals surface area (Å²) in [4.78, 5) is 24.3. The molecule has 0 unspecified atom stereocenters. The highest BCUT2D eigenvalue weighted by atomic mass is 32.2. The molecule has 0 bridgehead atoms. The van der Waals surface area contributed by atoms with E-state index in [1.807, 2.05) is 11.5 Å². The highest BCUT2D eigenvalue weighted by molar-refractivity contribution is 7.99. The van der Waals surface area contributed by atoms with Gasteiger partial charge in [0.25, 0.3) is 5.91 Å². The van der Waals surface area contributed by atoms with Gasteiger partial charge in [-0.3, -0.25) is 9.59 Å². The van der Waals surface area contributed by atoms with Gasteiger partial charge in [0, 0.05) is 25.6 Å². The zero-order chi connectivity index (χ0) is 21.3. The van der Waals surface area contributed by atoms with Crippen molar-refractivity contribution in [3.05, 3.63) is 41.5 Å². The van der Waals surface area contributed by atoms with Crippen LogP contribution in [-0.2, 0) is 17.8 Å². The lowest BCUT2D eigenvalue weighted by molar-refractivity contribution is -0.119. The van der Waals surface area contributed by atoms with Crippen molar-refractivity contribution < 1.29 is 14.0 Å². The minimum atomic E-state index is -0.545. The maximum absolute atomic E-state index is 13.7. The third kappa shape index (κ3) is 6.04. The zero-order valence-corrected chi connectivity index (χ0v) is 18.0. The first kappa shape index (κ1) is 22.3. The Hall–Kier alpha value is -2.42. The molecule has 0 saturated heterocycles. The molecule has 1 heterocycles. The van der Waals surface area contributed by atoms with E-state index in [9.17, 15) is 14.0 Å². The van der Waals surface area contributed by atoms with E-state index in [1.54, 1.807) is 12.1 Å². The maximum atomic E-state index is 13.7. The second-order valence-electron chi connectivity index (χ2n) is 7.32. The molecule has 9 heteroatoms. The average molecular weight is 434 g/mol. The SMILES string of the molecule is CCn1c(CCNC(=O)c2ccccc2F)nnc1SCC(=O)NC1CCCCC1. The summed E-state index contributed by atoms with van der Waals surface area (Å²) in [5.74, 6) is 0.0536. The summed E-state index contributed by atoms with van der Waals surface area (Å²) in [7, 11) is 0. The lowest BCUT2D eigenvalue weighted by atomic mass is 9.95. The van der Waals surface area contributed by atoms with E-state index in [4.69, 9.17) is 0 Å². The summed E-state index contributed by atoms with van der Waals surface area (Å²) in [6, 6.07) is 6.18. The molecule has 2 aromatic rings. The lowest BCUT2D eigenvalue weighted by Gasteiger charge is -2.22. The van der Waals surface area contributed by atoms with Crippen molar-refractivity contribution in [2.75, 3.05) is 12.3 Å². The van der Waals surface area contributed by atoms with Crippen LogP contribution in [0.25, 0.3) is 0 Å². The number of nitrogens with one attached hydrogen (secondary N) is 2. The largest absolute Gasteiger partial charge is 0.353 e. The Morgan fingerprint density at radius 3 is 2.70 bits per heavy atom. The van der Waals surface area contributed by atoms with Gasteiger partial charge in [-0.25, -0.2) is 4.39 Å². The Balaban J connectivity index is 1.48. The van der Waals surface area contributed by atoms with Gasteiger partial charge < -0.3 is 15.2 Å². The topological polar surface area (TPSA) is 88.9 Å². The average Bonchev–Trinajstić information content (AvgIpc) is 3.15. The summed E-state index contributed by atoms with van der Waals surface area (Å²) in [6.45, 7) is 2.96. The molecule has 1 aromatic carbocycles. The normalized spacial score (nSPS) is 14.5. The Bertz CT molecular complexity index is 867. The molecule has 0 aliphatic heterocycles. The Kier molecular flexibility index (Phi) is 8.24. The molecule has 2 N–H and O–H groups in total. The fraction of sp³-hybridized carbons (Fsp3) is 0.524. The van der Waals surface area contributed by atoms with Crippen LogP contribution in [0.2, 0.25) is 0 Å². The molecule has 1 aliphatic carbocycles. The maximum Gasteiger partial charge on any atom is 0.254 e. The highest BCUT2D eigenvalue weighted by Crippen LogP contribution is 2.19. The summed E-state index contributed by atoms with van der Waals surface area (Å²) >= 11 is 1.37. The second-order valence-corrected chi connectivity index (χ2v) is 8.26. The number of benzene rings is 1. The lowest BCUT2D eigenvalue weighted by Crippen LogP contribution is -2.37. The number of hydrogen-bond donors (Lipinski definition) is 2. The van der Waals surface area contributed by atoms with E-state index in [2.05, 4.69) is 20.8 Å². The fourth-order valence-corrected chi connectivity index (χ4v) is 4.44. The molecular formula is C21H28FN5O2S. The summed E-state index contributed by atoms with van der Waals surface area (Å²) in [5, 5.41) is 14.9. The van der Waals surface area contributed by atoms with Crippen LogP contribution >= 0.6 is 11.8 Å². The molecule has 0 atom stereocenters. The molecule has 0 radical (unpaired) electrons. The molecular weight excluding hydrogens is 405 g/mol. The monoisotopic (exact) mass is 433 g/mol. The van der Waals surface area contributed by atoms with Gasteiger partial charge in [0.05, 0.1) is 11.3 Å². The van der Waals surface area contributed by atoms with E-state index in [0.717, 1.165) is 18.7 Å². The Morgan fingerprint density at radius 2 is 1.97 bits per heavy atom. The molecule has 1 aliphatic rings.